The van der Waals surface area contributed by atoms with Crippen molar-refractivity contribution in [3.8, 4) is 0 Å². The molecular weight excluding hydrogens is 299 g/mol. The molecule has 23 heavy (non-hydrogen) atoms. The van der Waals surface area contributed by atoms with Crippen LogP contribution in [0.15, 0.2) is 24.3 Å². The molecule has 3 aromatic rings. The van der Waals surface area contributed by atoms with E-state index in [1.54, 1.807) is 30.7 Å². The zero-order chi connectivity index (χ0) is 16.4. The molecule has 0 spiro atoms. The summed E-state index contributed by atoms with van der Waals surface area (Å²) >= 11 is 0. The molecule has 0 fully saturated rings. The van der Waals surface area contributed by atoms with Crippen molar-refractivity contribution in [1.82, 2.24) is 25.0 Å². The molecule has 2 N–H and O–H groups in total. The van der Waals surface area contributed by atoms with Gasteiger partial charge in [0.2, 0.25) is 0 Å². The fourth-order valence-corrected chi connectivity index (χ4v) is 2.20. The lowest BCUT2D eigenvalue weighted by atomic mass is 10.2. The van der Waals surface area contributed by atoms with Crippen LogP contribution in [0, 0.1) is 12.7 Å². The third-order valence-electron chi connectivity index (χ3n) is 3.29. The molecule has 0 saturated carbocycles. The average molecular weight is 316 g/mol. The summed E-state index contributed by atoms with van der Waals surface area (Å²) in [5, 5.41) is 20.7. The molecule has 0 aliphatic rings. The SMILES string of the molecule is Cc1nc(NCC(C)O)c2nnn(Cc3ccc(F)cc3)c2n1. The van der Waals surface area contributed by atoms with Gasteiger partial charge >= 0.3 is 0 Å². The molecule has 0 bridgehead atoms. The van der Waals surface area contributed by atoms with E-state index in [2.05, 4.69) is 25.6 Å². The predicted molar refractivity (Wildman–Crippen MR) is 83.5 cm³/mol. The predicted octanol–water partition coefficient (Wildman–Crippen LogP) is 1.51. The summed E-state index contributed by atoms with van der Waals surface area (Å²) < 4.78 is 14.6. The minimum absolute atomic E-state index is 0.278. The van der Waals surface area contributed by atoms with Crippen molar-refractivity contribution >= 4 is 17.0 Å². The van der Waals surface area contributed by atoms with E-state index >= 15 is 0 Å². The van der Waals surface area contributed by atoms with Gasteiger partial charge in [-0.25, -0.2) is 19.0 Å². The number of aliphatic hydroxyl groups is 1. The van der Waals surface area contributed by atoms with Gasteiger partial charge in [-0.1, -0.05) is 17.3 Å². The second-order valence-electron chi connectivity index (χ2n) is 5.40. The molecule has 1 unspecified atom stereocenters. The molecule has 0 aliphatic carbocycles. The van der Waals surface area contributed by atoms with Crippen molar-refractivity contribution in [3.63, 3.8) is 0 Å². The zero-order valence-corrected chi connectivity index (χ0v) is 12.9. The quantitative estimate of drug-likeness (QED) is 0.742. The van der Waals surface area contributed by atoms with Gasteiger partial charge in [-0.05, 0) is 31.5 Å². The summed E-state index contributed by atoms with van der Waals surface area (Å²) in [7, 11) is 0. The number of anilines is 1. The van der Waals surface area contributed by atoms with Gasteiger partial charge in [-0.3, -0.25) is 0 Å². The van der Waals surface area contributed by atoms with Gasteiger partial charge in [0.25, 0.3) is 0 Å². The zero-order valence-electron chi connectivity index (χ0n) is 12.9. The van der Waals surface area contributed by atoms with Crippen molar-refractivity contribution < 1.29 is 9.50 Å². The molecule has 8 heteroatoms. The monoisotopic (exact) mass is 316 g/mol. The lowest BCUT2D eigenvalue weighted by Crippen LogP contribution is -2.16. The number of aryl methyl sites for hydroxylation is 1. The number of aliphatic hydroxyl groups excluding tert-OH is 1. The third kappa shape index (κ3) is 3.42. The molecular formula is C15H17FN6O. The van der Waals surface area contributed by atoms with E-state index in [1.807, 2.05) is 0 Å². The van der Waals surface area contributed by atoms with Crippen molar-refractivity contribution in [3.05, 3.63) is 41.5 Å². The number of nitrogens with one attached hydrogen (secondary N) is 1. The highest BCUT2D eigenvalue weighted by molar-refractivity contribution is 5.82. The molecule has 2 heterocycles. The highest BCUT2D eigenvalue weighted by Gasteiger charge is 2.14. The molecule has 0 aliphatic heterocycles. The van der Waals surface area contributed by atoms with Crippen LogP contribution in [0.4, 0.5) is 10.2 Å². The summed E-state index contributed by atoms with van der Waals surface area (Å²) in [6, 6.07) is 6.21. The van der Waals surface area contributed by atoms with Crippen LogP contribution in [0.25, 0.3) is 11.2 Å². The van der Waals surface area contributed by atoms with Crippen LogP contribution in [0.2, 0.25) is 0 Å². The van der Waals surface area contributed by atoms with Gasteiger partial charge in [0.05, 0.1) is 12.6 Å². The number of benzene rings is 1. The Morgan fingerprint density at radius 1 is 1.26 bits per heavy atom. The number of aromatic nitrogens is 5. The van der Waals surface area contributed by atoms with E-state index in [9.17, 15) is 9.50 Å². The molecule has 0 radical (unpaired) electrons. The van der Waals surface area contributed by atoms with Crippen LogP contribution in [0.1, 0.15) is 18.3 Å². The Morgan fingerprint density at radius 3 is 2.70 bits per heavy atom. The first-order valence-electron chi connectivity index (χ1n) is 7.27. The highest BCUT2D eigenvalue weighted by atomic mass is 19.1. The fourth-order valence-electron chi connectivity index (χ4n) is 2.20. The maximum Gasteiger partial charge on any atom is 0.184 e. The van der Waals surface area contributed by atoms with Crippen LogP contribution < -0.4 is 5.32 Å². The minimum Gasteiger partial charge on any atom is -0.392 e. The van der Waals surface area contributed by atoms with Crippen LogP contribution in [-0.2, 0) is 6.54 Å². The van der Waals surface area contributed by atoms with Gasteiger partial charge in [-0.15, -0.1) is 5.10 Å². The van der Waals surface area contributed by atoms with Crippen LogP contribution in [-0.4, -0.2) is 42.7 Å². The molecule has 0 amide bonds. The first-order chi connectivity index (χ1) is 11.0. The Morgan fingerprint density at radius 2 is 2.00 bits per heavy atom. The summed E-state index contributed by atoms with van der Waals surface area (Å²) in [5.41, 5.74) is 2.03. The Balaban J connectivity index is 1.94. The van der Waals surface area contributed by atoms with E-state index in [1.165, 1.54) is 12.1 Å². The van der Waals surface area contributed by atoms with Crippen molar-refractivity contribution in [2.24, 2.45) is 0 Å². The first-order valence-corrected chi connectivity index (χ1v) is 7.27. The van der Waals surface area contributed by atoms with Crippen molar-refractivity contribution in [2.45, 2.75) is 26.5 Å². The van der Waals surface area contributed by atoms with Gasteiger partial charge in [-0.2, -0.15) is 0 Å². The maximum atomic E-state index is 13.0. The van der Waals surface area contributed by atoms with Crippen LogP contribution >= 0.6 is 0 Å². The second kappa shape index (κ2) is 6.25. The Kier molecular flexibility index (Phi) is 4.16. The normalized spacial score (nSPS) is 12.5. The first kappa shape index (κ1) is 15.3. The number of rotatable bonds is 5. The summed E-state index contributed by atoms with van der Waals surface area (Å²) in [6.45, 7) is 4.26. The summed E-state index contributed by atoms with van der Waals surface area (Å²) in [6.07, 6.45) is -0.505. The Labute approximate surface area is 132 Å². The van der Waals surface area contributed by atoms with Crippen LogP contribution in [0.5, 0.6) is 0 Å². The highest BCUT2D eigenvalue weighted by Crippen LogP contribution is 2.18. The standard InChI is InChI=1S/C15H17FN6O/c1-9(23)7-17-14-13-15(19-10(2)18-14)22(21-20-13)8-11-3-5-12(16)6-4-11/h3-6,9,23H,7-8H2,1-2H3,(H,17,18,19). The van der Waals surface area contributed by atoms with Gasteiger partial charge in [0.1, 0.15) is 11.6 Å². The number of nitrogens with zero attached hydrogens (tertiary/aromatic N) is 5. The van der Waals surface area contributed by atoms with Crippen molar-refractivity contribution in [1.29, 1.82) is 0 Å². The number of halogens is 1. The Bertz CT molecular complexity index is 815. The molecule has 1 aromatic carbocycles. The van der Waals surface area contributed by atoms with E-state index in [0.29, 0.717) is 35.9 Å². The van der Waals surface area contributed by atoms with E-state index in [-0.39, 0.29) is 5.82 Å². The Hall–Kier alpha value is -2.61. The van der Waals surface area contributed by atoms with Gasteiger partial charge in [0, 0.05) is 6.54 Å². The van der Waals surface area contributed by atoms with Gasteiger partial charge in [0.15, 0.2) is 17.0 Å². The molecule has 120 valence electrons. The molecule has 3 rings (SSSR count). The van der Waals surface area contributed by atoms with Crippen LogP contribution in [0.3, 0.4) is 0 Å². The smallest absolute Gasteiger partial charge is 0.184 e. The molecule has 7 nitrogen and oxygen atoms in total. The number of hydrogen-bond acceptors (Lipinski definition) is 6. The number of fused-ring (bicyclic) bond motifs is 1. The van der Waals surface area contributed by atoms with E-state index in [4.69, 9.17) is 0 Å². The van der Waals surface area contributed by atoms with E-state index < -0.39 is 6.10 Å². The minimum atomic E-state index is -0.505. The lowest BCUT2D eigenvalue weighted by Gasteiger charge is -2.08. The lowest BCUT2D eigenvalue weighted by molar-refractivity contribution is 0.208. The molecule has 0 saturated heterocycles. The fraction of sp³-hybridized carbons (Fsp3) is 0.333. The summed E-state index contributed by atoms with van der Waals surface area (Å²) in [4.78, 5) is 8.69. The third-order valence-corrected chi connectivity index (χ3v) is 3.29. The topological polar surface area (TPSA) is 88.8 Å². The average Bonchev–Trinajstić information content (AvgIpc) is 2.90. The van der Waals surface area contributed by atoms with Crippen molar-refractivity contribution in [2.75, 3.05) is 11.9 Å². The maximum absolute atomic E-state index is 13.0. The van der Waals surface area contributed by atoms with E-state index in [0.717, 1.165) is 5.56 Å². The second-order valence-corrected chi connectivity index (χ2v) is 5.40. The van der Waals surface area contributed by atoms with Gasteiger partial charge < -0.3 is 10.4 Å². The molecule has 1 atom stereocenters. The largest absolute Gasteiger partial charge is 0.392 e. The summed E-state index contributed by atoms with van der Waals surface area (Å²) in [5.74, 6) is 0.840. The molecule has 2 aromatic heterocycles. The number of hydrogen-bond donors (Lipinski definition) is 2.